The van der Waals surface area contributed by atoms with Crippen molar-refractivity contribution in [2.24, 2.45) is 0 Å². The van der Waals surface area contributed by atoms with Crippen LogP contribution >= 0.6 is 11.6 Å². The molecule has 0 unspecified atom stereocenters. The summed E-state index contributed by atoms with van der Waals surface area (Å²) >= 11 is 6.24. The molecule has 0 saturated heterocycles. The summed E-state index contributed by atoms with van der Waals surface area (Å²) in [7, 11) is 0. The van der Waals surface area contributed by atoms with Crippen LogP contribution in [0.2, 0.25) is 5.02 Å². The Hall–Kier alpha value is -2.60. The van der Waals surface area contributed by atoms with E-state index in [2.05, 4.69) is 39.4 Å². The van der Waals surface area contributed by atoms with Crippen LogP contribution in [0.3, 0.4) is 0 Å². The Balaban J connectivity index is 0.00000243. The lowest BCUT2D eigenvalue weighted by molar-refractivity contribution is 0.317. The van der Waals surface area contributed by atoms with Crippen molar-refractivity contribution in [3.8, 4) is 11.6 Å². The van der Waals surface area contributed by atoms with E-state index in [9.17, 15) is 0 Å². The molecule has 138 valence electrons. The van der Waals surface area contributed by atoms with Crippen LogP contribution in [0.15, 0.2) is 42.9 Å². The van der Waals surface area contributed by atoms with Gasteiger partial charge in [0.25, 0.3) is 0 Å². The van der Waals surface area contributed by atoms with Crippen LogP contribution in [0.5, 0.6) is 5.88 Å². The van der Waals surface area contributed by atoms with Gasteiger partial charge in [0.05, 0.1) is 17.9 Å². The Morgan fingerprint density at radius 3 is 2.65 bits per heavy atom. The van der Waals surface area contributed by atoms with Crippen molar-refractivity contribution in [1.82, 2.24) is 19.7 Å². The molecule has 0 radical (unpaired) electrons. The van der Waals surface area contributed by atoms with Gasteiger partial charge in [0.15, 0.2) is 0 Å². The average Bonchev–Trinajstić information content (AvgIpc) is 3.09. The maximum atomic E-state index is 6.24. The summed E-state index contributed by atoms with van der Waals surface area (Å²) in [5, 5.41) is 8.14. The molecule has 0 aliphatic carbocycles. The first-order chi connectivity index (χ1) is 12.2. The van der Waals surface area contributed by atoms with Crippen LogP contribution in [-0.4, -0.2) is 32.9 Å². The van der Waals surface area contributed by atoms with E-state index in [-0.39, 0.29) is 7.43 Å². The van der Waals surface area contributed by atoms with Crippen LogP contribution in [0.1, 0.15) is 25.6 Å². The van der Waals surface area contributed by atoms with Crippen molar-refractivity contribution in [2.75, 3.05) is 18.5 Å². The number of halogens is 1. The standard InChI is InChI=1S/C18H20ClN5O.CH4/c1-3-15-17(19)18(22-12-21-15)20-9-11-25-16-8-10-24(23-16)14-6-4-13(2)5-7-14;/h4-8,10,12H,3,9,11H2,1-2H3,(H,20,21,22);1H4. The van der Waals surface area contributed by atoms with E-state index in [1.54, 1.807) is 4.68 Å². The molecule has 1 aromatic carbocycles. The summed E-state index contributed by atoms with van der Waals surface area (Å²) < 4.78 is 7.46. The molecular weight excluding hydrogens is 350 g/mol. The van der Waals surface area contributed by atoms with E-state index >= 15 is 0 Å². The predicted octanol–water partition coefficient (Wildman–Crippen LogP) is 4.31. The highest BCUT2D eigenvalue weighted by molar-refractivity contribution is 6.33. The third kappa shape index (κ3) is 4.73. The van der Waals surface area contributed by atoms with E-state index in [0.29, 0.717) is 29.9 Å². The minimum absolute atomic E-state index is 0. The molecule has 7 heteroatoms. The number of aryl methyl sites for hydroxylation is 2. The SMILES string of the molecule is C.CCc1ncnc(NCCOc2ccn(-c3ccc(C)cc3)n2)c1Cl. The molecule has 1 N–H and O–H groups in total. The number of nitrogens with zero attached hydrogens (tertiary/aromatic N) is 4. The van der Waals surface area contributed by atoms with E-state index in [0.717, 1.165) is 17.8 Å². The molecular formula is C19H24ClN5O. The maximum absolute atomic E-state index is 6.24. The number of nitrogens with one attached hydrogen (secondary N) is 1. The summed E-state index contributed by atoms with van der Waals surface area (Å²) in [6.07, 6.45) is 4.16. The van der Waals surface area contributed by atoms with Crippen LogP contribution < -0.4 is 10.1 Å². The molecule has 26 heavy (non-hydrogen) atoms. The number of aromatic nitrogens is 4. The fourth-order valence-electron chi connectivity index (χ4n) is 2.33. The van der Waals surface area contributed by atoms with Crippen molar-refractivity contribution >= 4 is 17.4 Å². The predicted molar refractivity (Wildman–Crippen MR) is 105 cm³/mol. The van der Waals surface area contributed by atoms with Crippen molar-refractivity contribution in [1.29, 1.82) is 0 Å². The van der Waals surface area contributed by atoms with Gasteiger partial charge in [0, 0.05) is 12.3 Å². The van der Waals surface area contributed by atoms with Gasteiger partial charge in [-0.1, -0.05) is 43.6 Å². The van der Waals surface area contributed by atoms with E-state index < -0.39 is 0 Å². The van der Waals surface area contributed by atoms with Crippen molar-refractivity contribution in [3.63, 3.8) is 0 Å². The zero-order chi connectivity index (χ0) is 17.6. The normalized spacial score (nSPS) is 10.3. The molecule has 0 amide bonds. The number of anilines is 1. The quantitative estimate of drug-likeness (QED) is 0.625. The molecule has 2 heterocycles. The van der Waals surface area contributed by atoms with Crippen LogP contribution in [-0.2, 0) is 6.42 Å². The molecule has 2 aromatic heterocycles. The van der Waals surface area contributed by atoms with Crippen molar-refractivity contribution in [3.05, 3.63) is 59.1 Å². The zero-order valence-corrected chi connectivity index (χ0v) is 15.0. The number of ether oxygens (including phenoxy) is 1. The molecule has 0 atom stereocenters. The van der Waals surface area contributed by atoms with Crippen molar-refractivity contribution < 1.29 is 4.74 Å². The molecule has 0 aliphatic heterocycles. The zero-order valence-electron chi connectivity index (χ0n) is 14.2. The molecule has 6 nitrogen and oxygen atoms in total. The molecule has 0 saturated carbocycles. The van der Waals surface area contributed by atoms with Crippen LogP contribution in [0.4, 0.5) is 5.82 Å². The monoisotopic (exact) mass is 373 g/mol. The molecule has 0 aliphatic rings. The third-order valence-electron chi connectivity index (χ3n) is 3.70. The molecule has 3 aromatic rings. The lowest BCUT2D eigenvalue weighted by Gasteiger charge is -2.09. The molecule has 3 rings (SSSR count). The summed E-state index contributed by atoms with van der Waals surface area (Å²) in [4.78, 5) is 8.30. The Morgan fingerprint density at radius 2 is 1.92 bits per heavy atom. The summed E-state index contributed by atoms with van der Waals surface area (Å²) in [6.45, 7) is 5.08. The second-order valence-corrected chi connectivity index (χ2v) is 5.92. The summed E-state index contributed by atoms with van der Waals surface area (Å²) in [5.74, 6) is 1.20. The van der Waals surface area contributed by atoms with E-state index in [1.807, 2.05) is 31.3 Å². The maximum Gasteiger partial charge on any atom is 0.233 e. The van der Waals surface area contributed by atoms with Gasteiger partial charge < -0.3 is 10.1 Å². The van der Waals surface area contributed by atoms with Gasteiger partial charge in [-0.2, -0.15) is 0 Å². The lowest BCUT2D eigenvalue weighted by Crippen LogP contribution is -2.13. The Labute approximate surface area is 159 Å². The van der Waals surface area contributed by atoms with Crippen LogP contribution in [0, 0.1) is 6.92 Å². The van der Waals surface area contributed by atoms with E-state index in [4.69, 9.17) is 16.3 Å². The van der Waals surface area contributed by atoms with Gasteiger partial charge in [0.2, 0.25) is 5.88 Å². The lowest BCUT2D eigenvalue weighted by atomic mass is 10.2. The topological polar surface area (TPSA) is 64.9 Å². The van der Waals surface area contributed by atoms with Gasteiger partial charge in [-0.25, -0.2) is 14.6 Å². The molecule has 0 spiro atoms. The number of hydrogen-bond donors (Lipinski definition) is 1. The highest BCUT2D eigenvalue weighted by atomic mass is 35.5. The van der Waals surface area contributed by atoms with Gasteiger partial charge in [-0.15, -0.1) is 5.10 Å². The number of benzene rings is 1. The summed E-state index contributed by atoms with van der Waals surface area (Å²) in [6, 6.07) is 9.99. The molecule has 0 fully saturated rings. The van der Waals surface area contributed by atoms with Gasteiger partial charge in [-0.3, -0.25) is 0 Å². The van der Waals surface area contributed by atoms with Gasteiger partial charge in [-0.05, 0) is 25.5 Å². The fraction of sp³-hybridized carbons (Fsp3) is 0.316. The third-order valence-corrected chi connectivity index (χ3v) is 4.10. The second kappa shape index (κ2) is 9.20. The van der Waals surface area contributed by atoms with Gasteiger partial charge in [0.1, 0.15) is 23.8 Å². The Morgan fingerprint density at radius 1 is 1.15 bits per heavy atom. The Bertz CT molecular complexity index is 832. The van der Waals surface area contributed by atoms with Crippen molar-refractivity contribution in [2.45, 2.75) is 27.7 Å². The molecule has 0 bridgehead atoms. The largest absolute Gasteiger partial charge is 0.475 e. The average molecular weight is 374 g/mol. The Kier molecular flexibility index (Phi) is 6.97. The highest BCUT2D eigenvalue weighted by Gasteiger charge is 2.07. The van der Waals surface area contributed by atoms with Crippen LogP contribution in [0.25, 0.3) is 5.69 Å². The first-order valence-electron chi connectivity index (χ1n) is 8.16. The highest BCUT2D eigenvalue weighted by Crippen LogP contribution is 2.21. The first-order valence-corrected chi connectivity index (χ1v) is 8.54. The van der Waals surface area contributed by atoms with E-state index in [1.165, 1.54) is 11.9 Å². The van der Waals surface area contributed by atoms with Gasteiger partial charge >= 0.3 is 0 Å². The smallest absolute Gasteiger partial charge is 0.233 e. The fourth-order valence-corrected chi connectivity index (χ4v) is 2.62. The number of rotatable bonds is 7. The minimum atomic E-state index is 0. The first kappa shape index (κ1) is 19.7. The number of hydrogen-bond acceptors (Lipinski definition) is 5. The summed E-state index contributed by atoms with van der Waals surface area (Å²) in [5.41, 5.74) is 3.04. The second-order valence-electron chi connectivity index (χ2n) is 5.55. The minimum Gasteiger partial charge on any atom is -0.475 e.